The van der Waals surface area contributed by atoms with E-state index in [9.17, 15) is 0 Å². The molecule has 1 aliphatic rings. The molecule has 0 aromatic carbocycles. The van der Waals surface area contributed by atoms with Gasteiger partial charge in [0.25, 0.3) is 0 Å². The first-order valence-corrected chi connectivity index (χ1v) is 4.12. The Labute approximate surface area is 63.6 Å². The summed E-state index contributed by atoms with van der Waals surface area (Å²) in [5, 5.41) is 0. The van der Waals surface area contributed by atoms with Gasteiger partial charge < -0.3 is 0 Å². The van der Waals surface area contributed by atoms with E-state index in [2.05, 4.69) is 26.0 Å². The lowest BCUT2D eigenvalue weighted by atomic mass is 10.1. The molecule has 0 nitrogen and oxygen atoms in total. The summed E-state index contributed by atoms with van der Waals surface area (Å²) in [6.07, 6.45) is 9.85. The standard InChI is InChI=1S/C10H16/c1-3-9(2)8-10-6-4-5-7-10/h3,6H,4-5,7-8H2,1-2H3. The second-order valence-corrected chi connectivity index (χ2v) is 3.07. The van der Waals surface area contributed by atoms with E-state index in [1.807, 2.05) is 0 Å². The normalized spacial score (nSPS) is 19.4. The Bertz CT molecular complexity index is 161. The van der Waals surface area contributed by atoms with Crippen molar-refractivity contribution in [3.05, 3.63) is 23.3 Å². The molecule has 0 heteroatoms. The minimum Gasteiger partial charge on any atom is -0.0884 e. The Hall–Kier alpha value is -0.520. The van der Waals surface area contributed by atoms with Gasteiger partial charge in [-0.05, 0) is 39.5 Å². The van der Waals surface area contributed by atoms with Gasteiger partial charge in [0, 0.05) is 0 Å². The molecule has 10 heavy (non-hydrogen) atoms. The molecule has 0 unspecified atom stereocenters. The van der Waals surface area contributed by atoms with Gasteiger partial charge >= 0.3 is 0 Å². The van der Waals surface area contributed by atoms with E-state index < -0.39 is 0 Å². The highest BCUT2D eigenvalue weighted by Gasteiger charge is 2.03. The molecule has 0 fully saturated rings. The van der Waals surface area contributed by atoms with Crippen molar-refractivity contribution in [1.82, 2.24) is 0 Å². The van der Waals surface area contributed by atoms with Gasteiger partial charge in [0.2, 0.25) is 0 Å². The molecule has 0 aromatic rings. The molecule has 0 saturated carbocycles. The molecule has 0 saturated heterocycles. The molecule has 0 heterocycles. The first kappa shape index (κ1) is 7.59. The van der Waals surface area contributed by atoms with Crippen LogP contribution in [-0.4, -0.2) is 0 Å². The summed E-state index contributed by atoms with van der Waals surface area (Å²) < 4.78 is 0. The summed E-state index contributed by atoms with van der Waals surface area (Å²) in [6, 6.07) is 0. The molecule has 0 radical (unpaired) electrons. The van der Waals surface area contributed by atoms with Gasteiger partial charge in [-0.15, -0.1) is 0 Å². The Morgan fingerprint density at radius 2 is 2.50 bits per heavy atom. The van der Waals surface area contributed by atoms with E-state index in [-0.39, 0.29) is 0 Å². The fourth-order valence-corrected chi connectivity index (χ4v) is 1.36. The van der Waals surface area contributed by atoms with Crippen molar-refractivity contribution in [3.63, 3.8) is 0 Å². The molecule has 56 valence electrons. The molecule has 1 rings (SSSR count). The minimum atomic E-state index is 1.22. The van der Waals surface area contributed by atoms with Gasteiger partial charge in [-0.25, -0.2) is 0 Å². The monoisotopic (exact) mass is 136 g/mol. The van der Waals surface area contributed by atoms with Crippen molar-refractivity contribution in [2.45, 2.75) is 39.5 Å². The van der Waals surface area contributed by atoms with Crippen LogP contribution in [0.3, 0.4) is 0 Å². The third-order valence-electron chi connectivity index (χ3n) is 2.13. The number of hydrogen-bond acceptors (Lipinski definition) is 0. The second-order valence-electron chi connectivity index (χ2n) is 3.07. The van der Waals surface area contributed by atoms with Gasteiger partial charge in [0.15, 0.2) is 0 Å². The van der Waals surface area contributed by atoms with Crippen LogP contribution in [0.4, 0.5) is 0 Å². The van der Waals surface area contributed by atoms with Crippen molar-refractivity contribution < 1.29 is 0 Å². The van der Waals surface area contributed by atoms with E-state index in [4.69, 9.17) is 0 Å². The molecule has 0 N–H and O–H groups in total. The predicted octanol–water partition coefficient (Wildman–Crippen LogP) is 3.45. The molecular weight excluding hydrogens is 120 g/mol. The Balaban J connectivity index is 2.38. The smallest absolute Gasteiger partial charge is 0.0111 e. The fraction of sp³-hybridized carbons (Fsp3) is 0.600. The average Bonchev–Trinajstić information content (AvgIpc) is 2.40. The number of hydrogen-bond donors (Lipinski definition) is 0. The third-order valence-corrected chi connectivity index (χ3v) is 2.13. The summed E-state index contributed by atoms with van der Waals surface area (Å²) in [7, 11) is 0. The lowest BCUT2D eigenvalue weighted by Crippen LogP contribution is -1.79. The van der Waals surface area contributed by atoms with E-state index >= 15 is 0 Å². The molecule has 0 bridgehead atoms. The summed E-state index contributed by atoms with van der Waals surface area (Å²) in [4.78, 5) is 0. The first-order valence-electron chi connectivity index (χ1n) is 4.12. The average molecular weight is 136 g/mol. The molecule has 1 aliphatic carbocycles. The zero-order valence-electron chi connectivity index (χ0n) is 6.98. The summed E-state index contributed by atoms with van der Waals surface area (Å²) >= 11 is 0. The van der Waals surface area contributed by atoms with Gasteiger partial charge in [-0.2, -0.15) is 0 Å². The maximum atomic E-state index is 2.40. The Kier molecular flexibility index (Phi) is 2.73. The van der Waals surface area contributed by atoms with Gasteiger partial charge in [-0.1, -0.05) is 23.3 Å². The van der Waals surface area contributed by atoms with Crippen LogP contribution in [0, 0.1) is 0 Å². The topological polar surface area (TPSA) is 0 Å². The van der Waals surface area contributed by atoms with Crippen LogP contribution in [-0.2, 0) is 0 Å². The van der Waals surface area contributed by atoms with Gasteiger partial charge in [-0.3, -0.25) is 0 Å². The molecule has 0 atom stereocenters. The lowest BCUT2D eigenvalue weighted by molar-refractivity contribution is 0.884. The molecule has 0 aliphatic heterocycles. The van der Waals surface area contributed by atoms with E-state index in [0.29, 0.717) is 0 Å². The highest BCUT2D eigenvalue weighted by Crippen LogP contribution is 2.23. The van der Waals surface area contributed by atoms with Crippen LogP contribution in [0.1, 0.15) is 39.5 Å². The first-order chi connectivity index (χ1) is 4.83. The fourth-order valence-electron chi connectivity index (χ4n) is 1.36. The van der Waals surface area contributed by atoms with Crippen LogP contribution < -0.4 is 0 Å². The third kappa shape index (κ3) is 2.02. The van der Waals surface area contributed by atoms with Crippen molar-refractivity contribution in [2.24, 2.45) is 0 Å². The Morgan fingerprint density at radius 3 is 3.00 bits per heavy atom. The largest absolute Gasteiger partial charge is 0.0884 e. The van der Waals surface area contributed by atoms with Gasteiger partial charge in [0.05, 0.1) is 0 Å². The summed E-state index contributed by atoms with van der Waals surface area (Å²) in [5.41, 5.74) is 3.16. The van der Waals surface area contributed by atoms with Gasteiger partial charge in [0.1, 0.15) is 0 Å². The maximum absolute atomic E-state index is 2.40. The zero-order valence-corrected chi connectivity index (χ0v) is 6.98. The molecule has 0 spiro atoms. The van der Waals surface area contributed by atoms with Crippen molar-refractivity contribution in [2.75, 3.05) is 0 Å². The van der Waals surface area contributed by atoms with Crippen LogP contribution in [0.15, 0.2) is 23.3 Å². The lowest BCUT2D eigenvalue weighted by Gasteiger charge is -1.99. The van der Waals surface area contributed by atoms with Crippen LogP contribution in [0.2, 0.25) is 0 Å². The minimum absolute atomic E-state index is 1.22. The van der Waals surface area contributed by atoms with Crippen LogP contribution >= 0.6 is 0 Å². The highest BCUT2D eigenvalue weighted by atomic mass is 14.1. The summed E-state index contributed by atoms with van der Waals surface area (Å²) in [5.74, 6) is 0. The van der Waals surface area contributed by atoms with Crippen molar-refractivity contribution in [3.8, 4) is 0 Å². The second kappa shape index (κ2) is 3.60. The van der Waals surface area contributed by atoms with E-state index in [1.54, 1.807) is 5.57 Å². The summed E-state index contributed by atoms with van der Waals surface area (Å²) in [6.45, 7) is 4.32. The maximum Gasteiger partial charge on any atom is -0.0111 e. The molecule has 0 amide bonds. The van der Waals surface area contributed by atoms with Crippen molar-refractivity contribution >= 4 is 0 Å². The predicted molar refractivity (Wildman–Crippen MR) is 46.0 cm³/mol. The Morgan fingerprint density at radius 1 is 1.70 bits per heavy atom. The SMILES string of the molecule is CC=C(C)CC1=CCCC1. The number of rotatable bonds is 2. The van der Waals surface area contributed by atoms with E-state index in [1.165, 1.54) is 31.3 Å². The molecular formula is C10H16. The van der Waals surface area contributed by atoms with Crippen LogP contribution in [0.5, 0.6) is 0 Å². The molecule has 0 aromatic heterocycles. The van der Waals surface area contributed by atoms with Crippen LogP contribution in [0.25, 0.3) is 0 Å². The number of allylic oxidation sites excluding steroid dienone is 4. The van der Waals surface area contributed by atoms with E-state index in [0.717, 1.165) is 0 Å². The van der Waals surface area contributed by atoms with Crippen molar-refractivity contribution in [1.29, 1.82) is 0 Å². The zero-order chi connectivity index (χ0) is 7.40. The quantitative estimate of drug-likeness (QED) is 0.510. The highest BCUT2D eigenvalue weighted by molar-refractivity contribution is 5.16.